The van der Waals surface area contributed by atoms with Crippen LogP contribution in [0.5, 0.6) is 0 Å². The maximum absolute atomic E-state index is 4.27. The molecule has 0 unspecified atom stereocenters. The van der Waals surface area contributed by atoms with E-state index in [4.69, 9.17) is 0 Å². The molecule has 2 rings (SSSR count). The fourth-order valence-corrected chi connectivity index (χ4v) is 1.76. The van der Waals surface area contributed by atoms with Gasteiger partial charge in [0, 0.05) is 24.8 Å². The lowest BCUT2D eigenvalue weighted by molar-refractivity contribution is 0.671. The molecule has 0 aliphatic carbocycles. The molecule has 1 aliphatic rings. The maximum atomic E-state index is 4.27. The van der Waals surface area contributed by atoms with E-state index in [0.717, 1.165) is 31.0 Å². The number of aromatic nitrogens is 2. The van der Waals surface area contributed by atoms with Crippen LogP contribution in [0.2, 0.25) is 0 Å². The van der Waals surface area contributed by atoms with E-state index in [-0.39, 0.29) is 0 Å². The van der Waals surface area contributed by atoms with Gasteiger partial charge in [-0.15, -0.1) is 0 Å². The van der Waals surface area contributed by atoms with Crippen LogP contribution in [0.3, 0.4) is 0 Å². The van der Waals surface area contributed by atoms with Crippen LogP contribution < -0.4 is 4.90 Å². The molecular weight excluding hydrogens is 174 g/mol. The minimum absolute atomic E-state index is 0.941. The molecule has 0 radical (unpaired) electrons. The van der Waals surface area contributed by atoms with E-state index >= 15 is 0 Å². The summed E-state index contributed by atoms with van der Waals surface area (Å²) in [6.45, 7) is 8.04. The molecule has 0 atom stereocenters. The van der Waals surface area contributed by atoms with Gasteiger partial charge >= 0.3 is 0 Å². The van der Waals surface area contributed by atoms with Gasteiger partial charge < -0.3 is 4.90 Å². The highest BCUT2D eigenvalue weighted by molar-refractivity contribution is 5.41. The molecule has 1 fully saturated rings. The summed E-state index contributed by atoms with van der Waals surface area (Å²) in [5, 5.41) is 0. The summed E-state index contributed by atoms with van der Waals surface area (Å²) in [5.41, 5.74) is 2.32. The number of aryl methyl sites for hydroxylation is 1. The second-order valence-corrected chi connectivity index (χ2v) is 3.79. The zero-order valence-electron chi connectivity index (χ0n) is 8.53. The van der Waals surface area contributed by atoms with Crippen LogP contribution >= 0.6 is 0 Å². The summed E-state index contributed by atoms with van der Waals surface area (Å²) in [5.74, 6) is 1.03. The highest BCUT2D eigenvalue weighted by Gasteiger charge is 2.14. The Morgan fingerprint density at radius 3 is 3.00 bits per heavy atom. The first-order valence-electron chi connectivity index (χ1n) is 4.96. The van der Waals surface area contributed by atoms with Crippen molar-refractivity contribution in [2.75, 3.05) is 18.0 Å². The van der Waals surface area contributed by atoms with Gasteiger partial charge in [0.2, 0.25) is 0 Å². The Morgan fingerprint density at radius 1 is 1.43 bits per heavy atom. The third-order valence-electron chi connectivity index (χ3n) is 2.49. The molecule has 1 aromatic heterocycles. The fraction of sp³-hybridized carbons (Fsp3) is 0.455. The quantitative estimate of drug-likeness (QED) is 0.632. The number of hydrogen-bond acceptors (Lipinski definition) is 3. The lowest BCUT2D eigenvalue weighted by Gasteiger charge is -2.29. The summed E-state index contributed by atoms with van der Waals surface area (Å²) in [6.07, 6.45) is 3.96. The van der Waals surface area contributed by atoms with Crippen molar-refractivity contribution >= 4 is 5.82 Å². The molecule has 3 heteroatoms. The van der Waals surface area contributed by atoms with E-state index in [0.29, 0.717) is 0 Å². The standard InChI is InChI=1S/C11H15N3/c1-9-4-3-5-14(7-9)11-6-10(2)12-8-13-11/h6,8H,1,3-5,7H2,2H3. The SMILES string of the molecule is C=C1CCCN(c2cc(C)ncn2)C1. The third-order valence-corrected chi connectivity index (χ3v) is 2.49. The average molecular weight is 189 g/mol. The van der Waals surface area contributed by atoms with Crippen LogP contribution in [0.25, 0.3) is 0 Å². The van der Waals surface area contributed by atoms with Crippen molar-refractivity contribution in [2.24, 2.45) is 0 Å². The van der Waals surface area contributed by atoms with E-state index in [1.807, 2.05) is 13.0 Å². The molecule has 0 spiro atoms. The first kappa shape index (κ1) is 9.19. The second-order valence-electron chi connectivity index (χ2n) is 3.79. The van der Waals surface area contributed by atoms with Gasteiger partial charge in [-0.1, -0.05) is 12.2 Å². The monoisotopic (exact) mass is 189 g/mol. The maximum Gasteiger partial charge on any atom is 0.132 e. The van der Waals surface area contributed by atoms with Crippen LogP contribution in [0.1, 0.15) is 18.5 Å². The Morgan fingerprint density at radius 2 is 2.29 bits per heavy atom. The van der Waals surface area contributed by atoms with Crippen molar-refractivity contribution in [1.29, 1.82) is 0 Å². The van der Waals surface area contributed by atoms with Gasteiger partial charge in [-0.25, -0.2) is 9.97 Å². The van der Waals surface area contributed by atoms with Crippen molar-refractivity contribution in [3.8, 4) is 0 Å². The number of piperidine rings is 1. The van der Waals surface area contributed by atoms with Crippen LogP contribution in [0, 0.1) is 6.92 Å². The molecule has 0 bridgehead atoms. The highest BCUT2D eigenvalue weighted by Crippen LogP contribution is 2.19. The van der Waals surface area contributed by atoms with Crippen LogP contribution in [0.4, 0.5) is 5.82 Å². The van der Waals surface area contributed by atoms with Crippen molar-refractivity contribution < 1.29 is 0 Å². The molecule has 0 N–H and O–H groups in total. The smallest absolute Gasteiger partial charge is 0.132 e. The number of rotatable bonds is 1. The first-order valence-corrected chi connectivity index (χ1v) is 4.96. The van der Waals surface area contributed by atoms with Gasteiger partial charge in [0.15, 0.2) is 0 Å². The van der Waals surface area contributed by atoms with Crippen molar-refractivity contribution in [3.05, 3.63) is 30.2 Å². The summed E-state index contributed by atoms with van der Waals surface area (Å²) >= 11 is 0. The predicted molar refractivity (Wildman–Crippen MR) is 57.4 cm³/mol. The topological polar surface area (TPSA) is 29.0 Å². The average Bonchev–Trinajstić information content (AvgIpc) is 2.18. The number of hydrogen-bond donors (Lipinski definition) is 0. The van der Waals surface area contributed by atoms with Crippen LogP contribution in [-0.2, 0) is 0 Å². The molecule has 0 saturated carbocycles. The van der Waals surface area contributed by atoms with Gasteiger partial charge in [-0.2, -0.15) is 0 Å². The normalized spacial score (nSPS) is 17.2. The Bertz CT molecular complexity index is 346. The van der Waals surface area contributed by atoms with E-state index in [1.165, 1.54) is 12.0 Å². The minimum atomic E-state index is 0.941. The minimum Gasteiger partial charge on any atom is -0.353 e. The Kier molecular flexibility index (Phi) is 2.48. The van der Waals surface area contributed by atoms with Crippen LogP contribution in [-0.4, -0.2) is 23.1 Å². The summed E-state index contributed by atoms with van der Waals surface area (Å²) in [7, 11) is 0. The van der Waals surface area contributed by atoms with E-state index < -0.39 is 0 Å². The van der Waals surface area contributed by atoms with Crippen molar-refractivity contribution in [3.63, 3.8) is 0 Å². The molecule has 1 aliphatic heterocycles. The van der Waals surface area contributed by atoms with E-state index in [2.05, 4.69) is 21.4 Å². The Hall–Kier alpha value is -1.38. The van der Waals surface area contributed by atoms with Gasteiger partial charge in [0.25, 0.3) is 0 Å². The number of nitrogens with zero attached hydrogens (tertiary/aromatic N) is 3. The largest absolute Gasteiger partial charge is 0.353 e. The Labute approximate surface area is 84.5 Å². The molecule has 3 nitrogen and oxygen atoms in total. The van der Waals surface area contributed by atoms with Gasteiger partial charge in [0.05, 0.1) is 0 Å². The first-order chi connectivity index (χ1) is 6.75. The number of anilines is 1. The van der Waals surface area contributed by atoms with Crippen LogP contribution in [0.15, 0.2) is 24.5 Å². The zero-order valence-corrected chi connectivity index (χ0v) is 8.53. The molecule has 1 saturated heterocycles. The predicted octanol–water partition coefficient (Wildman–Crippen LogP) is 1.94. The highest BCUT2D eigenvalue weighted by atomic mass is 15.2. The molecule has 74 valence electrons. The molecular formula is C11H15N3. The lowest BCUT2D eigenvalue weighted by Crippen LogP contribution is -2.31. The molecule has 0 aromatic carbocycles. The molecule has 1 aromatic rings. The van der Waals surface area contributed by atoms with Gasteiger partial charge in [-0.05, 0) is 19.8 Å². The van der Waals surface area contributed by atoms with E-state index in [1.54, 1.807) is 6.33 Å². The second kappa shape index (κ2) is 3.78. The zero-order chi connectivity index (χ0) is 9.97. The van der Waals surface area contributed by atoms with Gasteiger partial charge in [-0.3, -0.25) is 0 Å². The summed E-state index contributed by atoms with van der Waals surface area (Å²) in [6, 6.07) is 2.03. The molecule has 14 heavy (non-hydrogen) atoms. The van der Waals surface area contributed by atoms with Gasteiger partial charge in [0.1, 0.15) is 12.1 Å². The third kappa shape index (κ3) is 1.92. The summed E-state index contributed by atoms with van der Waals surface area (Å²) < 4.78 is 0. The van der Waals surface area contributed by atoms with E-state index in [9.17, 15) is 0 Å². The fourth-order valence-electron chi connectivity index (χ4n) is 1.76. The molecule has 2 heterocycles. The lowest BCUT2D eigenvalue weighted by atomic mass is 10.1. The van der Waals surface area contributed by atoms with Crippen molar-refractivity contribution in [1.82, 2.24) is 9.97 Å². The summed E-state index contributed by atoms with van der Waals surface area (Å²) in [4.78, 5) is 10.6. The Balaban J connectivity index is 2.17. The van der Waals surface area contributed by atoms with Crippen molar-refractivity contribution in [2.45, 2.75) is 19.8 Å². The molecule has 0 amide bonds.